The number of thiol groups is 1. The number of nitrogens with two attached hydrogens (primary N) is 1. The van der Waals surface area contributed by atoms with Gasteiger partial charge in [0.15, 0.2) is 0 Å². The largest absolute Gasteiger partial charge is 0.573 e. The number of ether oxygens (including phenoxy) is 1. The van der Waals surface area contributed by atoms with Gasteiger partial charge in [0.25, 0.3) is 0 Å². The van der Waals surface area contributed by atoms with Crippen LogP contribution in [-0.2, 0) is 10.0 Å². The molecule has 16 heavy (non-hydrogen) atoms. The molecule has 0 unspecified atom stereocenters. The van der Waals surface area contributed by atoms with Gasteiger partial charge in [0.2, 0.25) is 10.0 Å². The van der Waals surface area contributed by atoms with E-state index < -0.39 is 27.0 Å². The molecular weight excluding hydrogens is 267 g/mol. The Hall–Kier alpha value is -0.930. The molecule has 0 bridgehead atoms. The molecule has 0 aromatic heterocycles. The van der Waals surface area contributed by atoms with E-state index in [0.29, 0.717) is 0 Å². The summed E-state index contributed by atoms with van der Waals surface area (Å²) in [6.07, 6.45) is -4.99. The van der Waals surface area contributed by atoms with Gasteiger partial charge in [-0.05, 0) is 18.2 Å². The lowest BCUT2D eigenvalue weighted by Crippen LogP contribution is -2.21. The highest BCUT2D eigenvalue weighted by Crippen LogP contribution is 2.30. The van der Waals surface area contributed by atoms with E-state index in [1.54, 1.807) is 0 Å². The molecule has 1 rings (SSSR count). The van der Waals surface area contributed by atoms with E-state index in [2.05, 4.69) is 17.4 Å². The number of halogens is 3. The van der Waals surface area contributed by atoms with Gasteiger partial charge in [-0.25, -0.2) is 13.6 Å². The predicted molar refractivity (Wildman–Crippen MR) is 51.8 cm³/mol. The van der Waals surface area contributed by atoms with E-state index in [4.69, 9.17) is 5.14 Å². The lowest BCUT2D eigenvalue weighted by molar-refractivity contribution is -0.275. The summed E-state index contributed by atoms with van der Waals surface area (Å²) in [5.41, 5.74) is 0. The summed E-state index contributed by atoms with van der Waals surface area (Å²) in [7, 11) is -4.30. The molecule has 1 aromatic carbocycles. The van der Waals surface area contributed by atoms with Crippen molar-refractivity contribution in [3.05, 3.63) is 18.2 Å². The van der Waals surface area contributed by atoms with Gasteiger partial charge in [-0.15, -0.1) is 25.8 Å². The molecule has 0 aliphatic rings. The topological polar surface area (TPSA) is 69.4 Å². The normalized spacial score (nSPS) is 12.6. The first kappa shape index (κ1) is 13.1. The first-order valence-electron chi connectivity index (χ1n) is 3.71. The molecule has 9 heteroatoms. The summed E-state index contributed by atoms with van der Waals surface area (Å²) < 4.78 is 61.3. The molecular formula is C7H6F3NO3S2. The second-order valence-corrected chi connectivity index (χ2v) is 4.77. The third-order valence-corrected chi connectivity index (χ3v) is 2.67. The molecule has 2 N–H and O–H groups in total. The molecule has 0 fully saturated rings. The fraction of sp³-hybridized carbons (Fsp3) is 0.143. The first-order chi connectivity index (χ1) is 7.09. The molecule has 1 aromatic rings. The van der Waals surface area contributed by atoms with Crippen molar-refractivity contribution in [2.45, 2.75) is 16.2 Å². The Labute approximate surface area is 94.7 Å². The average molecular weight is 273 g/mol. The van der Waals surface area contributed by atoms with Crippen molar-refractivity contribution in [3.8, 4) is 5.75 Å². The Morgan fingerprint density at radius 2 is 1.88 bits per heavy atom. The maximum atomic E-state index is 11.9. The zero-order valence-corrected chi connectivity index (χ0v) is 9.23. The van der Waals surface area contributed by atoms with Crippen LogP contribution in [0.4, 0.5) is 13.2 Å². The van der Waals surface area contributed by atoms with Gasteiger partial charge in [-0.1, -0.05) is 0 Å². The summed E-state index contributed by atoms with van der Waals surface area (Å²) in [6, 6.07) is 2.86. The van der Waals surface area contributed by atoms with Crippen molar-refractivity contribution in [3.63, 3.8) is 0 Å². The number of hydrogen-bond donors (Lipinski definition) is 2. The van der Waals surface area contributed by atoms with E-state index in [1.165, 1.54) is 0 Å². The standard InChI is InChI=1S/C7H6F3NO3S2/c8-7(9,10)14-5-2-1-4(15)3-6(5)16(11,12)13/h1-3,15H,(H2,11,12,13). The lowest BCUT2D eigenvalue weighted by atomic mass is 10.3. The fourth-order valence-corrected chi connectivity index (χ4v) is 1.90. The molecule has 0 spiro atoms. The average Bonchev–Trinajstić information content (AvgIpc) is 2.04. The van der Waals surface area contributed by atoms with Crippen molar-refractivity contribution in [1.29, 1.82) is 0 Å². The molecule has 0 amide bonds. The minimum absolute atomic E-state index is 0.151. The second-order valence-electron chi connectivity index (χ2n) is 2.72. The molecule has 0 saturated heterocycles. The summed E-state index contributed by atoms with van der Waals surface area (Å²) >= 11 is 3.79. The minimum atomic E-state index is -4.99. The SMILES string of the molecule is NS(=O)(=O)c1cc(S)ccc1OC(F)(F)F. The van der Waals surface area contributed by atoms with Gasteiger partial charge in [-0.3, -0.25) is 0 Å². The van der Waals surface area contributed by atoms with E-state index in [1.807, 2.05) is 0 Å². The van der Waals surface area contributed by atoms with Crippen LogP contribution >= 0.6 is 12.6 Å². The first-order valence-corrected chi connectivity index (χ1v) is 5.70. The Kier molecular flexibility index (Phi) is 3.41. The number of primary sulfonamides is 1. The highest BCUT2D eigenvalue weighted by atomic mass is 32.2. The molecule has 0 aliphatic carbocycles. The van der Waals surface area contributed by atoms with Crippen LogP contribution in [0.5, 0.6) is 5.75 Å². The van der Waals surface area contributed by atoms with E-state index >= 15 is 0 Å². The number of alkyl halides is 3. The summed E-state index contributed by atoms with van der Waals surface area (Å²) in [6.45, 7) is 0. The molecule has 0 radical (unpaired) electrons. The fourth-order valence-electron chi connectivity index (χ4n) is 0.928. The Bertz CT molecular complexity index is 498. The lowest BCUT2D eigenvalue weighted by Gasteiger charge is -2.12. The van der Waals surface area contributed by atoms with Gasteiger partial charge < -0.3 is 4.74 Å². The number of hydrogen-bond acceptors (Lipinski definition) is 4. The van der Waals surface area contributed by atoms with Crippen molar-refractivity contribution in [1.82, 2.24) is 0 Å². The third kappa shape index (κ3) is 3.58. The molecule has 4 nitrogen and oxygen atoms in total. The van der Waals surface area contributed by atoms with Crippen molar-refractivity contribution in [2.75, 3.05) is 0 Å². The van der Waals surface area contributed by atoms with Gasteiger partial charge in [-0.2, -0.15) is 0 Å². The van der Waals surface area contributed by atoms with Crippen LogP contribution in [0.2, 0.25) is 0 Å². The number of sulfonamides is 1. The smallest absolute Gasteiger partial charge is 0.404 e. The summed E-state index contributed by atoms with van der Waals surface area (Å²) in [4.78, 5) is -0.615. The summed E-state index contributed by atoms with van der Waals surface area (Å²) in [5, 5.41) is 4.74. The van der Waals surface area contributed by atoms with Crippen LogP contribution in [-0.4, -0.2) is 14.8 Å². The molecule has 0 aliphatic heterocycles. The van der Waals surface area contributed by atoms with Gasteiger partial charge in [0, 0.05) is 4.90 Å². The van der Waals surface area contributed by atoms with Crippen LogP contribution in [0.15, 0.2) is 28.0 Å². The van der Waals surface area contributed by atoms with Gasteiger partial charge in [0.05, 0.1) is 0 Å². The van der Waals surface area contributed by atoms with Gasteiger partial charge in [0.1, 0.15) is 10.6 Å². The van der Waals surface area contributed by atoms with E-state index in [-0.39, 0.29) is 4.90 Å². The zero-order chi connectivity index (χ0) is 12.6. The second kappa shape index (κ2) is 4.15. The van der Waals surface area contributed by atoms with Crippen LogP contribution in [0, 0.1) is 0 Å². The third-order valence-electron chi connectivity index (χ3n) is 1.46. The monoisotopic (exact) mass is 273 g/mol. The molecule has 0 atom stereocenters. The predicted octanol–water partition coefficient (Wildman–Crippen LogP) is 1.52. The number of rotatable bonds is 2. The van der Waals surface area contributed by atoms with E-state index in [0.717, 1.165) is 18.2 Å². The van der Waals surface area contributed by atoms with Crippen LogP contribution in [0.25, 0.3) is 0 Å². The van der Waals surface area contributed by atoms with Crippen LogP contribution < -0.4 is 9.88 Å². The highest BCUT2D eigenvalue weighted by molar-refractivity contribution is 7.89. The number of benzene rings is 1. The van der Waals surface area contributed by atoms with Crippen LogP contribution in [0.3, 0.4) is 0 Å². The highest BCUT2D eigenvalue weighted by Gasteiger charge is 2.33. The minimum Gasteiger partial charge on any atom is -0.404 e. The maximum Gasteiger partial charge on any atom is 0.573 e. The van der Waals surface area contributed by atoms with Gasteiger partial charge >= 0.3 is 6.36 Å². The van der Waals surface area contributed by atoms with Crippen molar-refractivity contribution >= 4 is 22.7 Å². The molecule has 90 valence electrons. The Morgan fingerprint density at radius 3 is 2.31 bits per heavy atom. The maximum absolute atomic E-state index is 11.9. The molecule has 0 heterocycles. The Morgan fingerprint density at radius 1 is 1.31 bits per heavy atom. The zero-order valence-electron chi connectivity index (χ0n) is 7.52. The summed E-state index contributed by atoms with van der Waals surface area (Å²) in [5.74, 6) is -0.882. The van der Waals surface area contributed by atoms with Crippen LogP contribution in [0.1, 0.15) is 0 Å². The van der Waals surface area contributed by atoms with Crippen molar-refractivity contribution < 1.29 is 26.3 Å². The van der Waals surface area contributed by atoms with Crippen molar-refractivity contribution in [2.24, 2.45) is 5.14 Å². The quantitative estimate of drug-likeness (QED) is 0.803. The molecule has 0 saturated carbocycles. The van der Waals surface area contributed by atoms with E-state index in [9.17, 15) is 21.6 Å². The Balaban J connectivity index is 3.30.